The Morgan fingerprint density at radius 1 is 1.25 bits per heavy atom. The summed E-state index contributed by atoms with van der Waals surface area (Å²) in [7, 11) is 0. The molecule has 0 aliphatic rings. The molecule has 1 heterocycles. The fraction of sp³-hybridized carbons (Fsp3) is 0.267. The normalized spacial score (nSPS) is 12.2. The van der Waals surface area contributed by atoms with Gasteiger partial charge in [0.15, 0.2) is 5.82 Å². The van der Waals surface area contributed by atoms with Gasteiger partial charge in [-0.1, -0.05) is 30.3 Å². The average molecular weight is 387 g/mol. The molecule has 0 aliphatic carbocycles. The van der Waals surface area contributed by atoms with Crippen LogP contribution in [0.15, 0.2) is 42.6 Å². The Morgan fingerprint density at radius 3 is 2.75 bits per heavy atom. The van der Waals surface area contributed by atoms with Crippen LogP contribution in [0, 0.1) is 9.39 Å². The summed E-state index contributed by atoms with van der Waals surface area (Å²) in [5, 5.41) is 0. The van der Waals surface area contributed by atoms with E-state index in [0.29, 0.717) is 16.8 Å². The average Bonchev–Trinajstić information content (AvgIpc) is 2.45. The maximum atomic E-state index is 13.7. The Morgan fingerprint density at radius 2 is 2.00 bits per heavy atom. The minimum atomic E-state index is -0.428. The molecule has 0 unspecified atom stereocenters. The van der Waals surface area contributed by atoms with Crippen molar-refractivity contribution < 1.29 is 13.9 Å². The van der Waals surface area contributed by atoms with Crippen molar-refractivity contribution in [1.29, 1.82) is 0 Å². The summed E-state index contributed by atoms with van der Waals surface area (Å²) in [6, 6.07) is 11.5. The van der Waals surface area contributed by atoms with Crippen LogP contribution in [0.5, 0.6) is 5.88 Å². The molecule has 0 aliphatic heterocycles. The highest BCUT2D eigenvalue weighted by Gasteiger charge is 2.12. The maximum Gasteiger partial charge on any atom is 0.251 e. The highest BCUT2D eigenvalue weighted by atomic mass is 127. The van der Waals surface area contributed by atoms with Crippen LogP contribution in [0.25, 0.3) is 0 Å². The summed E-state index contributed by atoms with van der Waals surface area (Å²) >= 11 is 1.91. The lowest BCUT2D eigenvalue weighted by atomic mass is 10.2. The van der Waals surface area contributed by atoms with Gasteiger partial charge in [0.2, 0.25) is 0 Å². The van der Waals surface area contributed by atoms with Crippen molar-refractivity contribution in [3.8, 4) is 5.88 Å². The van der Waals surface area contributed by atoms with E-state index in [1.165, 1.54) is 6.20 Å². The third kappa shape index (κ3) is 4.42. The first-order valence-electron chi connectivity index (χ1n) is 6.25. The smallest absolute Gasteiger partial charge is 0.251 e. The number of ether oxygens (including phenoxy) is 2. The van der Waals surface area contributed by atoms with Crippen molar-refractivity contribution in [1.82, 2.24) is 4.98 Å². The second-order valence-electron chi connectivity index (χ2n) is 4.34. The van der Waals surface area contributed by atoms with E-state index in [0.717, 1.165) is 5.56 Å². The van der Waals surface area contributed by atoms with E-state index in [-0.39, 0.29) is 12.0 Å². The number of halogens is 2. The highest BCUT2D eigenvalue weighted by Crippen LogP contribution is 2.19. The third-order valence-corrected chi connectivity index (χ3v) is 3.42. The molecule has 5 heteroatoms. The van der Waals surface area contributed by atoms with Gasteiger partial charge in [-0.3, -0.25) is 0 Å². The lowest BCUT2D eigenvalue weighted by molar-refractivity contribution is 0.0453. The van der Waals surface area contributed by atoms with Gasteiger partial charge in [-0.25, -0.2) is 4.98 Å². The molecule has 0 N–H and O–H groups in total. The topological polar surface area (TPSA) is 31.4 Å². The summed E-state index contributed by atoms with van der Waals surface area (Å²) < 4.78 is 25.2. The maximum absolute atomic E-state index is 13.7. The molecule has 0 fully saturated rings. The number of aromatic nitrogens is 1. The predicted octanol–water partition coefficient (Wildman–Crippen LogP) is 3.81. The van der Waals surface area contributed by atoms with Crippen LogP contribution in [-0.4, -0.2) is 17.7 Å². The molecule has 1 aromatic heterocycles. The molecule has 2 rings (SSSR count). The Bertz CT molecular complexity index is 551. The predicted molar refractivity (Wildman–Crippen MR) is 83.1 cm³/mol. The van der Waals surface area contributed by atoms with Gasteiger partial charge >= 0.3 is 0 Å². The van der Waals surface area contributed by atoms with Crippen LogP contribution in [0.2, 0.25) is 0 Å². The lowest BCUT2D eigenvalue weighted by Crippen LogP contribution is -2.20. The molecule has 0 saturated carbocycles. The van der Waals surface area contributed by atoms with Crippen molar-refractivity contribution in [3.05, 3.63) is 57.5 Å². The van der Waals surface area contributed by atoms with Crippen molar-refractivity contribution in [2.24, 2.45) is 0 Å². The minimum Gasteiger partial charge on any atom is -0.470 e. The molecule has 2 aromatic rings. The number of hydrogen-bond acceptors (Lipinski definition) is 3. The van der Waals surface area contributed by atoms with Crippen molar-refractivity contribution >= 4 is 22.6 Å². The largest absolute Gasteiger partial charge is 0.470 e. The summed E-state index contributed by atoms with van der Waals surface area (Å²) in [6.07, 6.45) is 1.26. The van der Waals surface area contributed by atoms with Gasteiger partial charge in [-0.15, -0.1) is 0 Å². The van der Waals surface area contributed by atoms with Crippen molar-refractivity contribution in [2.45, 2.75) is 19.6 Å². The molecule has 1 aromatic carbocycles. The Balaban J connectivity index is 1.81. The van der Waals surface area contributed by atoms with E-state index in [1.807, 2.05) is 59.8 Å². The SMILES string of the molecule is C[C@H](COCc1ccccc1)Oc1nccc(I)c1F. The highest BCUT2D eigenvalue weighted by molar-refractivity contribution is 14.1. The molecule has 1 atom stereocenters. The quantitative estimate of drug-likeness (QED) is 0.707. The van der Waals surface area contributed by atoms with E-state index in [4.69, 9.17) is 9.47 Å². The van der Waals surface area contributed by atoms with Gasteiger partial charge in [0, 0.05) is 6.20 Å². The zero-order valence-electron chi connectivity index (χ0n) is 11.1. The van der Waals surface area contributed by atoms with Crippen LogP contribution in [0.4, 0.5) is 4.39 Å². The molecular formula is C15H15FINO2. The van der Waals surface area contributed by atoms with Crippen LogP contribution in [0.3, 0.4) is 0 Å². The fourth-order valence-electron chi connectivity index (χ4n) is 1.63. The first-order valence-corrected chi connectivity index (χ1v) is 7.33. The van der Waals surface area contributed by atoms with Gasteiger partial charge in [-0.2, -0.15) is 4.39 Å². The first-order chi connectivity index (χ1) is 9.66. The van der Waals surface area contributed by atoms with Crippen LogP contribution < -0.4 is 4.74 Å². The Kier molecular flexibility index (Phi) is 5.72. The molecular weight excluding hydrogens is 372 g/mol. The summed E-state index contributed by atoms with van der Waals surface area (Å²) in [6.45, 7) is 2.71. The van der Waals surface area contributed by atoms with E-state index in [2.05, 4.69) is 4.98 Å². The molecule has 0 amide bonds. The number of rotatable bonds is 6. The second-order valence-corrected chi connectivity index (χ2v) is 5.50. The van der Waals surface area contributed by atoms with Gasteiger partial charge in [0.25, 0.3) is 5.88 Å². The van der Waals surface area contributed by atoms with Gasteiger partial charge in [0.05, 0.1) is 16.8 Å². The summed E-state index contributed by atoms with van der Waals surface area (Å²) in [5.41, 5.74) is 1.10. The van der Waals surface area contributed by atoms with Gasteiger partial charge in [-0.05, 0) is 41.1 Å². The Labute approximate surface area is 131 Å². The molecule has 0 bridgehead atoms. The minimum absolute atomic E-state index is 0.0210. The number of benzene rings is 1. The van der Waals surface area contributed by atoms with Crippen LogP contribution >= 0.6 is 22.6 Å². The van der Waals surface area contributed by atoms with Crippen molar-refractivity contribution in [2.75, 3.05) is 6.61 Å². The Hall–Kier alpha value is -1.21. The zero-order valence-corrected chi connectivity index (χ0v) is 13.2. The lowest BCUT2D eigenvalue weighted by Gasteiger charge is -2.15. The van der Waals surface area contributed by atoms with Crippen LogP contribution in [-0.2, 0) is 11.3 Å². The zero-order chi connectivity index (χ0) is 14.4. The fourth-order valence-corrected chi connectivity index (χ4v) is 2.02. The number of hydrogen-bond donors (Lipinski definition) is 0. The van der Waals surface area contributed by atoms with Gasteiger partial charge < -0.3 is 9.47 Å². The standard InChI is InChI=1S/C15H15FINO2/c1-11(9-19-10-12-5-3-2-4-6-12)20-15-14(16)13(17)7-8-18-15/h2-8,11H,9-10H2,1H3/t11-/m1/s1. The summed E-state index contributed by atoms with van der Waals surface area (Å²) in [4.78, 5) is 3.89. The van der Waals surface area contributed by atoms with E-state index < -0.39 is 5.82 Å². The molecule has 3 nitrogen and oxygen atoms in total. The number of pyridine rings is 1. The summed E-state index contributed by atoms with van der Waals surface area (Å²) in [5.74, 6) is -0.407. The number of nitrogens with zero attached hydrogens (tertiary/aromatic N) is 1. The van der Waals surface area contributed by atoms with Crippen molar-refractivity contribution in [3.63, 3.8) is 0 Å². The van der Waals surface area contributed by atoms with Gasteiger partial charge in [0.1, 0.15) is 6.10 Å². The van der Waals surface area contributed by atoms with E-state index in [9.17, 15) is 4.39 Å². The van der Waals surface area contributed by atoms with E-state index in [1.54, 1.807) is 6.07 Å². The second kappa shape index (κ2) is 7.54. The van der Waals surface area contributed by atoms with E-state index >= 15 is 0 Å². The molecule has 0 radical (unpaired) electrons. The molecule has 20 heavy (non-hydrogen) atoms. The molecule has 0 saturated heterocycles. The first kappa shape index (κ1) is 15.2. The third-order valence-electron chi connectivity index (χ3n) is 2.59. The molecule has 106 valence electrons. The monoisotopic (exact) mass is 387 g/mol. The molecule has 0 spiro atoms. The van der Waals surface area contributed by atoms with Crippen LogP contribution in [0.1, 0.15) is 12.5 Å².